The van der Waals surface area contributed by atoms with E-state index >= 15 is 0 Å². The monoisotopic (exact) mass is 384 g/mol. The standard InChI is InChI=1S/C20H25BN2O3S/c1-14(24)27-13-16(21-25-19(2,3)20(4,5)26-21)12-15-8-6-7-9-17(15)18-10-11-22-23-18/h6-12H,13H2,1-5H3,(H,22,23). The van der Waals surface area contributed by atoms with Crippen molar-refractivity contribution >= 4 is 30.1 Å². The fourth-order valence-electron chi connectivity index (χ4n) is 2.83. The number of aromatic amines is 1. The highest BCUT2D eigenvalue weighted by atomic mass is 32.2. The number of thioether (sulfide) groups is 1. The minimum Gasteiger partial charge on any atom is -0.400 e. The summed E-state index contributed by atoms with van der Waals surface area (Å²) in [7, 11) is -0.489. The van der Waals surface area contributed by atoms with E-state index in [4.69, 9.17) is 9.31 Å². The molecule has 142 valence electrons. The molecule has 0 saturated carbocycles. The molecular weight excluding hydrogens is 359 g/mol. The number of carbonyl (C=O) groups excluding carboxylic acids is 1. The highest BCUT2D eigenvalue weighted by Crippen LogP contribution is 2.39. The molecule has 2 heterocycles. The summed E-state index contributed by atoms with van der Waals surface area (Å²) >= 11 is 1.26. The molecule has 1 aromatic carbocycles. The van der Waals surface area contributed by atoms with Gasteiger partial charge in [0, 0.05) is 24.4 Å². The number of nitrogens with zero attached hydrogens (tertiary/aromatic N) is 1. The van der Waals surface area contributed by atoms with E-state index in [9.17, 15) is 4.79 Å². The second-order valence-corrected chi connectivity index (χ2v) is 8.80. The van der Waals surface area contributed by atoms with E-state index in [1.54, 1.807) is 13.1 Å². The SMILES string of the molecule is CC(=O)SCC(=Cc1ccccc1-c1ccn[nH]1)B1OC(C)(C)C(C)(C)O1. The van der Waals surface area contributed by atoms with E-state index in [0.717, 1.165) is 22.3 Å². The molecule has 2 aromatic rings. The zero-order chi connectivity index (χ0) is 19.7. The van der Waals surface area contributed by atoms with Gasteiger partial charge in [0.25, 0.3) is 0 Å². The number of carbonyl (C=O) groups is 1. The molecule has 1 aromatic heterocycles. The van der Waals surface area contributed by atoms with E-state index in [0.29, 0.717) is 5.75 Å². The maximum absolute atomic E-state index is 11.6. The molecule has 7 heteroatoms. The molecule has 0 amide bonds. The predicted molar refractivity (Wildman–Crippen MR) is 111 cm³/mol. The summed E-state index contributed by atoms with van der Waals surface area (Å²) in [5, 5.41) is 7.13. The first-order valence-electron chi connectivity index (χ1n) is 8.98. The van der Waals surface area contributed by atoms with Gasteiger partial charge in [0.05, 0.1) is 16.9 Å². The molecule has 3 rings (SSSR count). The van der Waals surface area contributed by atoms with Gasteiger partial charge in [-0.15, -0.1) is 0 Å². The van der Waals surface area contributed by atoms with Crippen molar-refractivity contribution in [2.24, 2.45) is 0 Å². The molecule has 0 spiro atoms. The molecule has 0 atom stereocenters. The fourth-order valence-corrected chi connectivity index (χ4v) is 3.42. The van der Waals surface area contributed by atoms with Crippen LogP contribution < -0.4 is 0 Å². The third-order valence-corrected chi connectivity index (χ3v) is 5.97. The van der Waals surface area contributed by atoms with Crippen molar-refractivity contribution in [3.63, 3.8) is 0 Å². The van der Waals surface area contributed by atoms with Gasteiger partial charge < -0.3 is 9.31 Å². The van der Waals surface area contributed by atoms with Crippen molar-refractivity contribution in [2.45, 2.75) is 45.8 Å². The maximum atomic E-state index is 11.6. The lowest BCUT2D eigenvalue weighted by Crippen LogP contribution is -2.41. The van der Waals surface area contributed by atoms with Crippen LogP contribution in [0, 0.1) is 0 Å². The largest absolute Gasteiger partial charge is 0.491 e. The van der Waals surface area contributed by atoms with Gasteiger partial charge in [-0.1, -0.05) is 42.1 Å². The highest BCUT2D eigenvalue weighted by Gasteiger charge is 2.52. The molecule has 0 unspecified atom stereocenters. The lowest BCUT2D eigenvalue weighted by Gasteiger charge is -2.32. The number of aromatic nitrogens is 2. The number of benzene rings is 1. The van der Waals surface area contributed by atoms with Gasteiger partial charge >= 0.3 is 7.12 Å². The fraction of sp³-hybridized carbons (Fsp3) is 0.400. The van der Waals surface area contributed by atoms with Crippen LogP contribution in [0.3, 0.4) is 0 Å². The molecule has 27 heavy (non-hydrogen) atoms. The van der Waals surface area contributed by atoms with E-state index in [1.165, 1.54) is 11.8 Å². The molecule has 0 radical (unpaired) electrons. The normalized spacial score (nSPS) is 18.7. The topological polar surface area (TPSA) is 64.2 Å². The number of nitrogens with one attached hydrogen (secondary N) is 1. The molecule has 1 fully saturated rings. The van der Waals surface area contributed by atoms with Gasteiger partial charge in [0.1, 0.15) is 0 Å². The van der Waals surface area contributed by atoms with Gasteiger partial charge in [-0.3, -0.25) is 9.89 Å². The summed E-state index contributed by atoms with van der Waals surface area (Å²) in [5.41, 5.74) is 3.07. The Morgan fingerprint density at radius 2 is 1.85 bits per heavy atom. The van der Waals surface area contributed by atoms with E-state index in [1.807, 2.05) is 58.0 Å². The van der Waals surface area contributed by atoms with Crippen LogP contribution in [0.5, 0.6) is 0 Å². The summed E-state index contributed by atoms with van der Waals surface area (Å²) in [6, 6.07) is 10.0. The van der Waals surface area contributed by atoms with Crippen molar-refractivity contribution in [1.29, 1.82) is 0 Å². The molecule has 1 aliphatic rings. The summed E-state index contributed by atoms with van der Waals surface area (Å²) in [5.74, 6) is 0.517. The summed E-state index contributed by atoms with van der Waals surface area (Å²) in [6.07, 6.45) is 3.80. The molecule has 1 saturated heterocycles. The highest BCUT2D eigenvalue weighted by molar-refractivity contribution is 8.13. The molecular formula is C20H25BN2O3S. The third-order valence-electron chi connectivity index (χ3n) is 5.09. The van der Waals surface area contributed by atoms with Crippen LogP contribution in [0.25, 0.3) is 17.3 Å². The zero-order valence-corrected chi connectivity index (χ0v) is 17.2. The van der Waals surface area contributed by atoms with E-state index < -0.39 is 18.3 Å². The number of hydrogen-bond acceptors (Lipinski definition) is 5. The molecule has 0 bridgehead atoms. The Labute approximate surface area is 165 Å². The van der Waals surface area contributed by atoms with Crippen LogP contribution in [0.2, 0.25) is 0 Å². The minimum absolute atomic E-state index is 0.0688. The molecule has 0 aliphatic carbocycles. The van der Waals surface area contributed by atoms with Gasteiger partial charge in [0.2, 0.25) is 0 Å². The first kappa shape index (κ1) is 19.9. The molecule has 1 aliphatic heterocycles. The Morgan fingerprint density at radius 1 is 1.19 bits per heavy atom. The Bertz CT molecular complexity index is 831. The predicted octanol–water partition coefficient (Wildman–Crippen LogP) is 4.37. The Morgan fingerprint density at radius 3 is 2.44 bits per heavy atom. The van der Waals surface area contributed by atoms with Crippen LogP contribution in [0.15, 0.2) is 42.0 Å². The van der Waals surface area contributed by atoms with Gasteiger partial charge in [-0.25, -0.2) is 0 Å². The summed E-state index contributed by atoms with van der Waals surface area (Å²) in [4.78, 5) is 11.6. The summed E-state index contributed by atoms with van der Waals surface area (Å²) < 4.78 is 12.5. The number of hydrogen-bond donors (Lipinski definition) is 1. The first-order chi connectivity index (χ1) is 12.7. The van der Waals surface area contributed by atoms with Gasteiger partial charge in [-0.2, -0.15) is 5.10 Å². The Hall–Kier alpha value is -1.83. The maximum Gasteiger partial charge on any atom is 0.491 e. The Kier molecular flexibility index (Phi) is 5.65. The third kappa shape index (κ3) is 4.37. The average molecular weight is 384 g/mol. The van der Waals surface area contributed by atoms with Gasteiger partial charge in [-0.05, 0) is 44.8 Å². The zero-order valence-electron chi connectivity index (χ0n) is 16.4. The van der Waals surface area contributed by atoms with E-state index in [-0.39, 0.29) is 5.12 Å². The minimum atomic E-state index is -0.489. The summed E-state index contributed by atoms with van der Waals surface area (Å²) in [6.45, 7) is 9.69. The number of rotatable bonds is 5. The van der Waals surface area contributed by atoms with Gasteiger partial charge in [0.15, 0.2) is 5.12 Å². The van der Waals surface area contributed by atoms with Crippen molar-refractivity contribution < 1.29 is 14.1 Å². The van der Waals surface area contributed by atoms with E-state index in [2.05, 4.69) is 16.3 Å². The second kappa shape index (κ2) is 7.66. The quantitative estimate of drug-likeness (QED) is 0.776. The molecule has 1 N–H and O–H groups in total. The Balaban J connectivity index is 1.99. The first-order valence-corrected chi connectivity index (χ1v) is 9.96. The van der Waals surface area contributed by atoms with Crippen molar-refractivity contribution in [2.75, 3.05) is 5.75 Å². The lowest BCUT2D eigenvalue weighted by molar-refractivity contribution is -0.109. The average Bonchev–Trinajstić information content (AvgIpc) is 3.18. The second-order valence-electron chi connectivity index (χ2n) is 7.65. The van der Waals surface area contributed by atoms with Crippen LogP contribution in [0.4, 0.5) is 0 Å². The molecule has 5 nitrogen and oxygen atoms in total. The smallest absolute Gasteiger partial charge is 0.400 e. The van der Waals surface area contributed by atoms with Crippen molar-refractivity contribution in [3.8, 4) is 11.3 Å². The van der Waals surface area contributed by atoms with Crippen LogP contribution in [0.1, 0.15) is 40.2 Å². The van der Waals surface area contributed by atoms with Crippen molar-refractivity contribution in [1.82, 2.24) is 10.2 Å². The van der Waals surface area contributed by atoms with Crippen LogP contribution in [-0.2, 0) is 14.1 Å². The number of H-pyrrole nitrogens is 1. The lowest BCUT2D eigenvalue weighted by atomic mass is 9.78. The van der Waals surface area contributed by atoms with Crippen LogP contribution >= 0.6 is 11.8 Å². The van der Waals surface area contributed by atoms with Crippen molar-refractivity contribution in [3.05, 3.63) is 47.6 Å². The van der Waals surface area contributed by atoms with Crippen LogP contribution in [-0.4, -0.2) is 39.4 Å².